The normalized spacial score (nSPS) is 12.5. The fourth-order valence-electron chi connectivity index (χ4n) is 5.55. The Bertz CT molecular complexity index is 1710. The van der Waals surface area contributed by atoms with E-state index in [9.17, 15) is 9.59 Å². The molecule has 0 atom stereocenters. The molecular formula is C33H27ClN2O5. The van der Waals surface area contributed by atoms with Gasteiger partial charge in [0.2, 0.25) is 0 Å². The standard InChI is InChI=1S/C33H27ClN2O5/c34-26-4-2-1-3-25(26)31-29-23-9-5-21(32(39)35-13-15-37)17-19(23)7-11-27(29)41-28-12-8-20-18-22(33(40)36-14-16-38)6-10-24(20)30(28)31/h1-12,17-18,31,37-38H,13-16H2,(H,35,39)(H,36,40). The Morgan fingerprint density at radius 2 is 1.22 bits per heavy atom. The summed E-state index contributed by atoms with van der Waals surface area (Å²) >= 11 is 6.84. The zero-order valence-electron chi connectivity index (χ0n) is 22.0. The van der Waals surface area contributed by atoms with Gasteiger partial charge in [-0.15, -0.1) is 0 Å². The summed E-state index contributed by atoms with van der Waals surface area (Å²) in [6.07, 6.45) is 0. The van der Waals surface area contributed by atoms with Crippen LogP contribution in [-0.4, -0.2) is 48.3 Å². The number of nitrogens with one attached hydrogen (secondary N) is 2. The van der Waals surface area contributed by atoms with Crippen molar-refractivity contribution in [2.24, 2.45) is 0 Å². The van der Waals surface area contributed by atoms with Crippen LogP contribution in [0.2, 0.25) is 5.02 Å². The van der Waals surface area contributed by atoms with Crippen LogP contribution < -0.4 is 15.4 Å². The van der Waals surface area contributed by atoms with E-state index < -0.39 is 0 Å². The number of amides is 2. The van der Waals surface area contributed by atoms with E-state index in [2.05, 4.69) is 10.6 Å². The molecule has 41 heavy (non-hydrogen) atoms. The first-order chi connectivity index (χ1) is 20.0. The van der Waals surface area contributed by atoms with Crippen LogP contribution in [0, 0.1) is 0 Å². The molecule has 206 valence electrons. The van der Waals surface area contributed by atoms with Gasteiger partial charge in [0.1, 0.15) is 11.5 Å². The van der Waals surface area contributed by atoms with Crippen molar-refractivity contribution in [2.75, 3.05) is 26.3 Å². The molecule has 0 unspecified atom stereocenters. The van der Waals surface area contributed by atoms with Crippen LogP contribution in [-0.2, 0) is 0 Å². The molecule has 2 amide bonds. The van der Waals surface area contributed by atoms with Gasteiger partial charge in [0.25, 0.3) is 11.8 Å². The predicted octanol–water partition coefficient (Wildman–Crippen LogP) is 5.38. The first kappa shape index (κ1) is 26.8. The molecule has 0 bridgehead atoms. The largest absolute Gasteiger partial charge is 0.457 e. The maximum absolute atomic E-state index is 12.6. The SMILES string of the molecule is O=C(NCCO)c1ccc2c3c(ccc2c1)Oc1ccc2cc(C(=O)NCCO)ccc2c1C3c1ccccc1Cl. The molecule has 1 heterocycles. The Morgan fingerprint density at radius 3 is 1.71 bits per heavy atom. The number of rotatable bonds is 7. The van der Waals surface area contributed by atoms with Crippen molar-refractivity contribution >= 4 is 45.0 Å². The molecule has 0 aromatic heterocycles. The lowest BCUT2D eigenvalue weighted by atomic mass is 9.78. The minimum Gasteiger partial charge on any atom is -0.457 e. The molecule has 5 aromatic carbocycles. The molecule has 0 saturated carbocycles. The smallest absolute Gasteiger partial charge is 0.251 e. The highest BCUT2D eigenvalue weighted by molar-refractivity contribution is 6.31. The van der Waals surface area contributed by atoms with Gasteiger partial charge in [-0.05, 0) is 69.6 Å². The zero-order chi connectivity index (χ0) is 28.5. The van der Waals surface area contributed by atoms with Gasteiger partial charge in [0.05, 0.1) is 13.2 Å². The van der Waals surface area contributed by atoms with Gasteiger partial charge in [-0.25, -0.2) is 0 Å². The number of aliphatic hydroxyl groups excluding tert-OH is 2. The Morgan fingerprint density at radius 1 is 0.707 bits per heavy atom. The summed E-state index contributed by atoms with van der Waals surface area (Å²) < 4.78 is 6.49. The number of hydrogen-bond donors (Lipinski definition) is 4. The van der Waals surface area contributed by atoms with E-state index >= 15 is 0 Å². The molecule has 4 N–H and O–H groups in total. The molecule has 5 aromatic rings. The highest BCUT2D eigenvalue weighted by Gasteiger charge is 2.33. The molecule has 1 aliphatic heterocycles. The number of benzene rings is 5. The lowest BCUT2D eigenvalue weighted by molar-refractivity contribution is 0.0937. The highest BCUT2D eigenvalue weighted by Crippen LogP contribution is 2.53. The van der Waals surface area contributed by atoms with E-state index in [1.807, 2.05) is 72.8 Å². The molecule has 7 nitrogen and oxygen atoms in total. The third-order valence-electron chi connectivity index (χ3n) is 7.38. The van der Waals surface area contributed by atoms with Gasteiger partial charge in [-0.1, -0.05) is 54.1 Å². The second kappa shape index (κ2) is 11.2. The van der Waals surface area contributed by atoms with Crippen molar-refractivity contribution in [2.45, 2.75) is 5.92 Å². The Kier molecular flexibility index (Phi) is 7.32. The van der Waals surface area contributed by atoms with Crippen LogP contribution in [0.1, 0.15) is 43.3 Å². The Labute approximate surface area is 241 Å². The molecular weight excluding hydrogens is 540 g/mol. The van der Waals surface area contributed by atoms with E-state index in [1.54, 1.807) is 12.1 Å². The lowest BCUT2D eigenvalue weighted by Gasteiger charge is -2.31. The van der Waals surface area contributed by atoms with Crippen LogP contribution in [0.25, 0.3) is 21.5 Å². The quantitative estimate of drug-likeness (QED) is 0.208. The molecule has 8 heteroatoms. The minimum atomic E-state index is -0.294. The third kappa shape index (κ3) is 4.89. The second-order valence-corrected chi connectivity index (χ2v) is 10.2. The number of carbonyl (C=O) groups is 2. The molecule has 6 rings (SSSR count). The fourth-order valence-corrected chi connectivity index (χ4v) is 5.79. The summed E-state index contributed by atoms with van der Waals surface area (Å²) in [4.78, 5) is 25.2. The van der Waals surface area contributed by atoms with Crippen molar-refractivity contribution < 1.29 is 24.5 Å². The van der Waals surface area contributed by atoms with Gasteiger partial charge in [-0.3, -0.25) is 9.59 Å². The molecule has 0 spiro atoms. The average Bonchev–Trinajstić information content (AvgIpc) is 3.00. The minimum absolute atomic E-state index is 0.133. The summed E-state index contributed by atoms with van der Waals surface area (Å²) in [6.45, 7) is 0.0913. The van der Waals surface area contributed by atoms with Crippen molar-refractivity contribution in [3.8, 4) is 11.5 Å². The van der Waals surface area contributed by atoms with E-state index in [0.29, 0.717) is 27.6 Å². The number of fused-ring (bicyclic) bond motifs is 6. The Balaban J connectivity index is 1.56. The summed E-state index contributed by atoms with van der Waals surface area (Å²) in [5.74, 6) is 0.594. The van der Waals surface area contributed by atoms with Crippen molar-refractivity contribution in [3.63, 3.8) is 0 Å². The predicted molar refractivity (Wildman–Crippen MR) is 159 cm³/mol. The van der Waals surface area contributed by atoms with Gasteiger partial charge < -0.3 is 25.6 Å². The van der Waals surface area contributed by atoms with Crippen LogP contribution in [0.15, 0.2) is 84.9 Å². The number of hydrogen-bond acceptors (Lipinski definition) is 5. The van der Waals surface area contributed by atoms with Crippen molar-refractivity contribution in [1.82, 2.24) is 10.6 Å². The van der Waals surface area contributed by atoms with Gasteiger partial charge in [0, 0.05) is 46.3 Å². The fraction of sp³-hybridized carbons (Fsp3) is 0.152. The summed E-state index contributed by atoms with van der Waals surface area (Å²) in [6, 6.07) is 26.5. The molecule has 1 aliphatic rings. The molecule has 0 aliphatic carbocycles. The second-order valence-electron chi connectivity index (χ2n) is 9.84. The highest BCUT2D eigenvalue weighted by atomic mass is 35.5. The maximum Gasteiger partial charge on any atom is 0.251 e. The van der Waals surface area contributed by atoms with E-state index in [4.69, 9.17) is 26.6 Å². The van der Waals surface area contributed by atoms with Crippen LogP contribution in [0.4, 0.5) is 0 Å². The molecule has 0 radical (unpaired) electrons. The number of ether oxygens (including phenoxy) is 1. The average molecular weight is 567 g/mol. The van der Waals surface area contributed by atoms with Crippen LogP contribution in [0.3, 0.4) is 0 Å². The van der Waals surface area contributed by atoms with E-state index in [1.165, 1.54) is 0 Å². The summed E-state index contributed by atoms with van der Waals surface area (Å²) in [5, 5.41) is 27.8. The van der Waals surface area contributed by atoms with Crippen LogP contribution in [0.5, 0.6) is 11.5 Å². The zero-order valence-corrected chi connectivity index (χ0v) is 22.7. The number of halogens is 1. The van der Waals surface area contributed by atoms with E-state index in [0.717, 1.165) is 38.2 Å². The summed E-state index contributed by atoms with van der Waals surface area (Å²) in [7, 11) is 0. The maximum atomic E-state index is 12.6. The molecule has 0 saturated heterocycles. The molecule has 0 fully saturated rings. The first-order valence-corrected chi connectivity index (χ1v) is 13.7. The van der Waals surface area contributed by atoms with Gasteiger partial charge >= 0.3 is 0 Å². The van der Waals surface area contributed by atoms with Gasteiger partial charge in [0.15, 0.2) is 0 Å². The van der Waals surface area contributed by atoms with Crippen LogP contribution >= 0.6 is 11.6 Å². The monoisotopic (exact) mass is 566 g/mol. The number of aliphatic hydroxyl groups is 2. The van der Waals surface area contributed by atoms with Crippen molar-refractivity contribution in [1.29, 1.82) is 0 Å². The number of carbonyl (C=O) groups excluding carboxylic acids is 2. The Hall–Kier alpha value is -4.43. The lowest BCUT2D eigenvalue weighted by Crippen LogP contribution is -2.26. The van der Waals surface area contributed by atoms with E-state index in [-0.39, 0.29) is 44.0 Å². The topological polar surface area (TPSA) is 108 Å². The third-order valence-corrected chi connectivity index (χ3v) is 7.72. The first-order valence-electron chi connectivity index (χ1n) is 13.3. The van der Waals surface area contributed by atoms with Gasteiger partial charge in [-0.2, -0.15) is 0 Å². The summed E-state index contributed by atoms with van der Waals surface area (Å²) in [5.41, 5.74) is 3.77. The van der Waals surface area contributed by atoms with Crippen molar-refractivity contribution in [3.05, 3.63) is 118 Å².